The van der Waals surface area contributed by atoms with Gasteiger partial charge in [-0.1, -0.05) is 59.9 Å². The number of rotatable bonds is 2. The highest BCUT2D eigenvalue weighted by molar-refractivity contribution is 8.38. The molecule has 0 aromatic heterocycles. The van der Waals surface area contributed by atoms with E-state index in [2.05, 4.69) is 69.3 Å². The SMILES string of the molecule is CC(C)(C)N=C(Sc1ccccc1)Sc1ccccc1. The Hall–Kier alpha value is -1.19. The molecule has 0 aliphatic carbocycles. The summed E-state index contributed by atoms with van der Waals surface area (Å²) in [6.07, 6.45) is 0. The van der Waals surface area contributed by atoms with E-state index in [0.717, 1.165) is 4.38 Å². The predicted molar refractivity (Wildman–Crippen MR) is 91.8 cm³/mol. The molecule has 0 radical (unpaired) electrons. The van der Waals surface area contributed by atoms with Gasteiger partial charge in [-0.2, -0.15) is 0 Å². The normalized spacial score (nSPS) is 11.2. The Kier molecular flexibility index (Phi) is 5.32. The van der Waals surface area contributed by atoms with E-state index in [1.165, 1.54) is 9.79 Å². The fraction of sp³-hybridized carbons (Fsp3) is 0.235. The Morgan fingerprint density at radius 1 is 0.750 bits per heavy atom. The van der Waals surface area contributed by atoms with E-state index in [9.17, 15) is 0 Å². The first-order chi connectivity index (χ1) is 9.53. The van der Waals surface area contributed by atoms with Gasteiger partial charge >= 0.3 is 0 Å². The molecule has 0 spiro atoms. The van der Waals surface area contributed by atoms with Crippen LogP contribution in [-0.4, -0.2) is 9.91 Å². The maximum absolute atomic E-state index is 4.84. The summed E-state index contributed by atoms with van der Waals surface area (Å²) < 4.78 is 1.08. The summed E-state index contributed by atoms with van der Waals surface area (Å²) in [7, 11) is 0. The summed E-state index contributed by atoms with van der Waals surface area (Å²) in [5.74, 6) is 0. The molecule has 104 valence electrons. The largest absolute Gasteiger partial charge is 0.265 e. The lowest BCUT2D eigenvalue weighted by Gasteiger charge is -2.15. The Balaban J connectivity index is 2.20. The molecule has 2 rings (SSSR count). The number of nitrogens with zero attached hydrogens (tertiary/aromatic N) is 1. The van der Waals surface area contributed by atoms with Gasteiger partial charge in [0.1, 0.15) is 4.38 Å². The molecule has 2 aromatic rings. The van der Waals surface area contributed by atoms with Crippen LogP contribution in [0.4, 0.5) is 0 Å². The van der Waals surface area contributed by atoms with Crippen molar-refractivity contribution < 1.29 is 0 Å². The highest BCUT2D eigenvalue weighted by Gasteiger charge is 2.12. The van der Waals surface area contributed by atoms with E-state index in [1.807, 2.05) is 12.1 Å². The lowest BCUT2D eigenvalue weighted by Crippen LogP contribution is -2.11. The molecular formula is C17H19NS2. The van der Waals surface area contributed by atoms with Crippen LogP contribution in [0.3, 0.4) is 0 Å². The fourth-order valence-corrected chi connectivity index (χ4v) is 3.89. The molecule has 2 aromatic carbocycles. The van der Waals surface area contributed by atoms with Gasteiger partial charge in [0.25, 0.3) is 0 Å². The zero-order valence-corrected chi connectivity index (χ0v) is 13.7. The molecule has 1 nitrogen and oxygen atoms in total. The van der Waals surface area contributed by atoms with Crippen molar-refractivity contribution >= 4 is 27.9 Å². The zero-order chi connectivity index (χ0) is 14.4. The van der Waals surface area contributed by atoms with E-state index in [0.29, 0.717) is 0 Å². The predicted octanol–water partition coefficient (Wildman–Crippen LogP) is 5.73. The number of aliphatic imine (C=N–C) groups is 1. The van der Waals surface area contributed by atoms with Gasteiger partial charge in [-0.3, -0.25) is 4.99 Å². The Morgan fingerprint density at radius 3 is 1.50 bits per heavy atom. The molecule has 0 bridgehead atoms. The Morgan fingerprint density at radius 2 is 1.15 bits per heavy atom. The van der Waals surface area contributed by atoms with Crippen molar-refractivity contribution in [3.8, 4) is 0 Å². The average Bonchev–Trinajstić information content (AvgIpc) is 2.39. The summed E-state index contributed by atoms with van der Waals surface area (Å²) in [6.45, 7) is 6.39. The average molecular weight is 301 g/mol. The molecule has 0 unspecified atom stereocenters. The number of benzene rings is 2. The maximum Gasteiger partial charge on any atom is 0.134 e. The van der Waals surface area contributed by atoms with Gasteiger partial charge in [0.2, 0.25) is 0 Å². The van der Waals surface area contributed by atoms with Gasteiger partial charge in [0.15, 0.2) is 0 Å². The lowest BCUT2D eigenvalue weighted by molar-refractivity contribution is 0.587. The molecule has 0 fully saturated rings. The van der Waals surface area contributed by atoms with Crippen LogP contribution in [0.5, 0.6) is 0 Å². The first kappa shape index (κ1) is 15.2. The third-order valence-corrected chi connectivity index (χ3v) is 4.37. The molecule has 0 atom stereocenters. The number of hydrogen-bond donors (Lipinski definition) is 0. The molecule has 0 N–H and O–H groups in total. The number of thioether (sulfide) groups is 2. The highest BCUT2D eigenvalue weighted by atomic mass is 32.2. The van der Waals surface area contributed by atoms with Crippen molar-refractivity contribution in [1.82, 2.24) is 0 Å². The van der Waals surface area contributed by atoms with E-state index in [1.54, 1.807) is 23.5 Å². The zero-order valence-electron chi connectivity index (χ0n) is 12.0. The quantitative estimate of drug-likeness (QED) is 0.399. The fourth-order valence-electron chi connectivity index (χ4n) is 1.52. The maximum atomic E-state index is 4.84. The van der Waals surface area contributed by atoms with Gasteiger partial charge in [0.05, 0.1) is 5.54 Å². The standard InChI is InChI=1S/C17H19NS2/c1-17(2,3)18-16(19-14-10-6-4-7-11-14)20-15-12-8-5-9-13-15/h4-13H,1-3H3. The van der Waals surface area contributed by atoms with Crippen LogP contribution in [0.25, 0.3) is 0 Å². The van der Waals surface area contributed by atoms with Crippen molar-refractivity contribution in [2.45, 2.75) is 36.1 Å². The minimum Gasteiger partial charge on any atom is -0.265 e. The van der Waals surface area contributed by atoms with Gasteiger partial charge in [-0.25, -0.2) is 0 Å². The molecule has 0 saturated heterocycles. The molecule has 0 aliphatic rings. The Bertz CT molecular complexity index is 513. The van der Waals surface area contributed by atoms with E-state index < -0.39 is 0 Å². The van der Waals surface area contributed by atoms with Crippen LogP contribution in [0.2, 0.25) is 0 Å². The van der Waals surface area contributed by atoms with Gasteiger partial charge < -0.3 is 0 Å². The van der Waals surface area contributed by atoms with Gasteiger partial charge in [-0.15, -0.1) is 0 Å². The summed E-state index contributed by atoms with van der Waals surface area (Å²) in [5.41, 5.74) is -0.0705. The van der Waals surface area contributed by atoms with Crippen molar-refractivity contribution in [2.75, 3.05) is 0 Å². The van der Waals surface area contributed by atoms with E-state index in [-0.39, 0.29) is 5.54 Å². The molecule has 0 amide bonds. The van der Waals surface area contributed by atoms with Crippen LogP contribution in [-0.2, 0) is 0 Å². The van der Waals surface area contributed by atoms with Gasteiger partial charge in [0, 0.05) is 9.79 Å². The number of hydrogen-bond acceptors (Lipinski definition) is 3. The second-order valence-electron chi connectivity index (χ2n) is 5.38. The van der Waals surface area contributed by atoms with Crippen molar-refractivity contribution in [1.29, 1.82) is 0 Å². The van der Waals surface area contributed by atoms with Crippen LogP contribution >= 0.6 is 23.5 Å². The third-order valence-electron chi connectivity index (χ3n) is 2.32. The van der Waals surface area contributed by atoms with E-state index >= 15 is 0 Å². The first-order valence-electron chi connectivity index (χ1n) is 6.59. The van der Waals surface area contributed by atoms with Crippen LogP contribution in [0.1, 0.15) is 20.8 Å². The molecular weight excluding hydrogens is 282 g/mol. The molecule has 20 heavy (non-hydrogen) atoms. The summed E-state index contributed by atoms with van der Waals surface area (Å²) in [4.78, 5) is 7.28. The minimum absolute atomic E-state index is 0.0705. The Labute approximate surface area is 129 Å². The van der Waals surface area contributed by atoms with Crippen LogP contribution < -0.4 is 0 Å². The van der Waals surface area contributed by atoms with Crippen molar-refractivity contribution in [2.24, 2.45) is 4.99 Å². The smallest absolute Gasteiger partial charge is 0.134 e. The summed E-state index contributed by atoms with van der Waals surface area (Å²) >= 11 is 3.45. The van der Waals surface area contributed by atoms with Crippen LogP contribution in [0, 0.1) is 0 Å². The van der Waals surface area contributed by atoms with Gasteiger partial charge in [-0.05, 0) is 45.0 Å². The van der Waals surface area contributed by atoms with Crippen molar-refractivity contribution in [3.05, 3.63) is 60.7 Å². The monoisotopic (exact) mass is 301 g/mol. The molecule has 0 heterocycles. The summed E-state index contributed by atoms with van der Waals surface area (Å²) in [6, 6.07) is 20.8. The molecule has 3 heteroatoms. The first-order valence-corrected chi connectivity index (χ1v) is 8.22. The second kappa shape index (κ2) is 7.00. The minimum atomic E-state index is -0.0705. The molecule has 0 saturated carbocycles. The topological polar surface area (TPSA) is 12.4 Å². The van der Waals surface area contributed by atoms with Crippen molar-refractivity contribution in [3.63, 3.8) is 0 Å². The second-order valence-corrected chi connectivity index (χ2v) is 7.76. The third kappa shape index (κ3) is 5.43. The summed E-state index contributed by atoms with van der Waals surface area (Å²) in [5, 5.41) is 0. The highest BCUT2D eigenvalue weighted by Crippen LogP contribution is 2.32. The molecule has 0 aliphatic heterocycles. The van der Waals surface area contributed by atoms with Crippen LogP contribution in [0.15, 0.2) is 75.4 Å². The lowest BCUT2D eigenvalue weighted by atomic mass is 10.1. The van der Waals surface area contributed by atoms with E-state index in [4.69, 9.17) is 4.99 Å².